The van der Waals surface area contributed by atoms with E-state index in [2.05, 4.69) is 27.9 Å². The number of rotatable bonds is 3. The Hall–Kier alpha value is -1.47. The van der Waals surface area contributed by atoms with E-state index in [0.717, 1.165) is 20.4 Å². The minimum atomic E-state index is -0.141. The molecule has 0 fully saturated rings. The van der Waals surface area contributed by atoms with Crippen LogP contribution in [0.3, 0.4) is 0 Å². The summed E-state index contributed by atoms with van der Waals surface area (Å²) in [5.41, 5.74) is 8.69. The van der Waals surface area contributed by atoms with Gasteiger partial charge in [-0.15, -0.1) is 0 Å². The van der Waals surface area contributed by atoms with Gasteiger partial charge in [0, 0.05) is 14.8 Å². The van der Waals surface area contributed by atoms with Gasteiger partial charge in [-0.2, -0.15) is 0 Å². The van der Waals surface area contributed by atoms with Crippen LogP contribution in [0.2, 0.25) is 0 Å². The number of halogens is 1. The predicted molar refractivity (Wildman–Crippen MR) is 94.2 cm³/mol. The summed E-state index contributed by atoms with van der Waals surface area (Å²) in [5, 5.41) is 2.90. The van der Waals surface area contributed by atoms with Gasteiger partial charge in [-0.05, 0) is 53.3 Å². The van der Waals surface area contributed by atoms with Crippen molar-refractivity contribution in [1.82, 2.24) is 0 Å². The van der Waals surface area contributed by atoms with Gasteiger partial charge in [-0.25, -0.2) is 0 Å². The number of benzene rings is 2. The van der Waals surface area contributed by atoms with Crippen LogP contribution in [0.5, 0.6) is 0 Å². The third-order valence-corrected chi connectivity index (χ3v) is 4.07. The van der Waals surface area contributed by atoms with E-state index >= 15 is 0 Å². The first kappa shape index (κ1) is 14.9. The first-order valence-corrected chi connectivity index (χ1v) is 7.44. The molecule has 0 atom stereocenters. The molecule has 0 saturated carbocycles. The molecule has 0 spiro atoms. The van der Waals surface area contributed by atoms with Gasteiger partial charge in [-0.1, -0.05) is 36.5 Å². The van der Waals surface area contributed by atoms with E-state index in [9.17, 15) is 4.79 Å². The molecular weight excluding hydrogens is 383 g/mol. The molecule has 0 aliphatic rings. The van der Waals surface area contributed by atoms with Gasteiger partial charge in [0.05, 0.1) is 5.56 Å². The lowest BCUT2D eigenvalue weighted by molar-refractivity contribution is 0.102. The van der Waals surface area contributed by atoms with E-state index in [1.807, 2.05) is 37.3 Å². The predicted octanol–water partition coefficient (Wildman–Crippen LogP) is 3.49. The van der Waals surface area contributed by atoms with Crippen LogP contribution in [-0.2, 0) is 0 Å². The van der Waals surface area contributed by atoms with Gasteiger partial charge < -0.3 is 11.1 Å². The third kappa shape index (κ3) is 3.34. The van der Waals surface area contributed by atoms with Crippen molar-refractivity contribution in [2.45, 2.75) is 6.92 Å². The number of carbonyl (C=O) groups is 1. The number of aryl methyl sites for hydroxylation is 1. The van der Waals surface area contributed by atoms with E-state index < -0.39 is 0 Å². The number of anilines is 1. The number of hydrogen-bond acceptors (Lipinski definition) is 2. The van der Waals surface area contributed by atoms with Gasteiger partial charge in [0.25, 0.3) is 5.91 Å². The van der Waals surface area contributed by atoms with E-state index in [4.69, 9.17) is 18.0 Å². The van der Waals surface area contributed by atoms with Crippen LogP contribution in [-0.4, -0.2) is 10.9 Å². The number of thiocarbonyl (C=S) groups is 1. The lowest BCUT2D eigenvalue weighted by Gasteiger charge is -2.11. The zero-order chi connectivity index (χ0) is 14.7. The molecule has 0 unspecified atom stereocenters. The average Bonchev–Trinajstić information content (AvgIpc) is 2.41. The minimum Gasteiger partial charge on any atom is -0.389 e. The van der Waals surface area contributed by atoms with Crippen molar-refractivity contribution in [3.05, 3.63) is 62.7 Å². The van der Waals surface area contributed by atoms with Crippen molar-refractivity contribution in [1.29, 1.82) is 0 Å². The number of hydrogen-bond donors (Lipinski definition) is 2. The molecule has 0 saturated heterocycles. The highest BCUT2D eigenvalue weighted by molar-refractivity contribution is 14.1. The first-order chi connectivity index (χ1) is 9.49. The second-order valence-electron chi connectivity index (χ2n) is 4.33. The summed E-state index contributed by atoms with van der Waals surface area (Å²) in [4.78, 5) is 12.6. The van der Waals surface area contributed by atoms with Crippen molar-refractivity contribution in [3.8, 4) is 0 Å². The maximum Gasteiger partial charge on any atom is 0.256 e. The fourth-order valence-electron chi connectivity index (χ4n) is 1.74. The van der Waals surface area contributed by atoms with Gasteiger partial charge in [0.15, 0.2) is 0 Å². The maximum atomic E-state index is 12.3. The molecule has 0 heterocycles. The first-order valence-electron chi connectivity index (χ1n) is 5.95. The molecule has 0 bridgehead atoms. The van der Waals surface area contributed by atoms with Crippen molar-refractivity contribution in [2.75, 3.05) is 5.32 Å². The summed E-state index contributed by atoms with van der Waals surface area (Å²) < 4.78 is 0.908. The fraction of sp³-hybridized carbons (Fsp3) is 0.0667. The number of amides is 1. The van der Waals surface area contributed by atoms with Crippen molar-refractivity contribution in [3.63, 3.8) is 0 Å². The van der Waals surface area contributed by atoms with Crippen LogP contribution in [0.1, 0.15) is 21.5 Å². The number of carbonyl (C=O) groups excluding carboxylic acids is 1. The largest absolute Gasteiger partial charge is 0.389 e. The minimum absolute atomic E-state index is 0.141. The standard InChI is InChI=1S/C15H13IN2OS/c1-9-6-7-10(14(17)20)8-13(9)18-15(19)11-4-2-3-5-12(11)16/h2-8H,1H3,(H2,17,20)(H,18,19). The average molecular weight is 396 g/mol. The van der Waals surface area contributed by atoms with Gasteiger partial charge in [0.2, 0.25) is 0 Å². The van der Waals surface area contributed by atoms with Crippen LogP contribution in [0, 0.1) is 10.5 Å². The van der Waals surface area contributed by atoms with Crippen LogP contribution in [0.25, 0.3) is 0 Å². The molecule has 102 valence electrons. The Morgan fingerprint density at radius 3 is 2.60 bits per heavy atom. The molecule has 0 aliphatic carbocycles. The second kappa shape index (κ2) is 6.32. The van der Waals surface area contributed by atoms with Gasteiger partial charge in [-0.3, -0.25) is 4.79 Å². The number of nitrogens with one attached hydrogen (secondary N) is 1. The molecule has 0 aliphatic heterocycles. The van der Waals surface area contributed by atoms with Crippen LogP contribution >= 0.6 is 34.8 Å². The number of nitrogens with two attached hydrogens (primary N) is 1. The molecule has 20 heavy (non-hydrogen) atoms. The summed E-state index contributed by atoms with van der Waals surface area (Å²) in [6, 6.07) is 13.0. The summed E-state index contributed by atoms with van der Waals surface area (Å²) in [5.74, 6) is -0.141. The molecule has 5 heteroatoms. The lowest BCUT2D eigenvalue weighted by atomic mass is 10.1. The monoisotopic (exact) mass is 396 g/mol. The van der Waals surface area contributed by atoms with E-state index in [1.54, 1.807) is 12.1 Å². The normalized spacial score (nSPS) is 10.1. The third-order valence-electron chi connectivity index (χ3n) is 2.89. The Kier molecular flexibility index (Phi) is 4.72. The zero-order valence-corrected chi connectivity index (χ0v) is 13.8. The molecule has 3 N–H and O–H groups in total. The summed E-state index contributed by atoms with van der Waals surface area (Å²) in [7, 11) is 0. The smallest absolute Gasteiger partial charge is 0.256 e. The highest BCUT2D eigenvalue weighted by Gasteiger charge is 2.11. The van der Waals surface area contributed by atoms with Gasteiger partial charge >= 0.3 is 0 Å². The maximum absolute atomic E-state index is 12.3. The summed E-state index contributed by atoms with van der Waals surface area (Å²) in [6.07, 6.45) is 0. The fourth-order valence-corrected chi connectivity index (χ4v) is 2.50. The lowest BCUT2D eigenvalue weighted by Crippen LogP contribution is -2.15. The topological polar surface area (TPSA) is 55.1 Å². The molecule has 3 nitrogen and oxygen atoms in total. The quantitative estimate of drug-likeness (QED) is 0.617. The van der Waals surface area contributed by atoms with Gasteiger partial charge in [0.1, 0.15) is 4.99 Å². The molecule has 0 aromatic heterocycles. The van der Waals surface area contributed by atoms with Crippen molar-refractivity contribution in [2.24, 2.45) is 5.73 Å². The highest BCUT2D eigenvalue weighted by Crippen LogP contribution is 2.19. The summed E-state index contributed by atoms with van der Waals surface area (Å²) in [6.45, 7) is 1.93. The van der Waals surface area contributed by atoms with Crippen molar-refractivity contribution >= 4 is 51.4 Å². The molecule has 2 aromatic rings. The van der Waals surface area contributed by atoms with E-state index in [1.165, 1.54) is 0 Å². The molecule has 2 aromatic carbocycles. The van der Waals surface area contributed by atoms with Crippen LogP contribution in [0.4, 0.5) is 5.69 Å². The van der Waals surface area contributed by atoms with Crippen molar-refractivity contribution < 1.29 is 4.79 Å². The Balaban J connectivity index is 2.30. The Labute approximate surface area is 136 Å². The molecule has 1 amide bonds. The Morgan fingerprint density at radius 2 is 1.95 bits per heavy atom. The highest BCUT2D eigenvalue weighted by atomic mass is 127. The summed E-state index contributed by atoms with van der Waals surface area (Å²) >= 11 is 7.10. The van der Waals surface area contributed by atoms with E-state index in [-0.39, 0.29) is 5.91 Å². The molecule has 2 rings (SSSR count). The van der Waals surface area contributed by atoms with Crippen LogP contribution in [0.15, 0.2) is 42.5 Å². The van der Waals surface area contributed by atoms with Crippen LogP contribution < -0.4 is 11.1 Å². The zero-order valence-electron chi connectivity index (χ0n) is 10.8. The molecular formula is C15H13IN2OS. The Morgan fingerprint density at radius 1 is 1.25 bits per heavy atom. The Bertz CT molecular complexity index is 685. The van der Waals surface area contributed by atoms with E-state index in [0.29, 0.717) is 10.6 Å². The molecule has 0 radical (unpaired) electrons. The second-order valence-corrected chi connectivity index (χ2v) is 5.93. The SMILES string of the molecule is Cc1ccc(C(N)=S)cc1NC(=O)c1ccccc1I.